The predicted octanol–water partition coefficient (Wildman–Crippen LogP) is 0.920. The molecule has 31 heavy (non-hydrogen) atoms. The fourth-order valence-corrected chi connectivity index (χ4v) is 4.19. The van der Waals surface area contributed by atoms with Crippen molar-refractivity contribution >= 4 is 38.3 Å². The second kappa shape index (κ2) is 10.7. The van der Waals surface area contributed by atoms with Crippen molar-refractivity contribution in [3.8, 4) is 0 Å². The molecule has 168 valence electrons. The lowest BCUT2D eigenvalue weighted by Gasteiger charge is -2.10. The maximum absolute atomic E-state index is 12.8. The van der Waals surface area contributed by atoms with Crippen LogP contribution in [0.5, 0.6) is 0 Å². The number of carbonyl (C=O) groups is 1. The van der Waals surface area contributed by atoms with E-state index in [0.29, 0.717) is 36.2 Å². The van der Waals surface area contributed by atoms with E-state index in [-0.39, 0.29) is 29.9 Å². The Morgan fingerprint density at radius 1 is 1.35 bits per heavy atom. The molecule has 0 unspecified atom stereocenters. The highest BCUT2D eigenvalue weighted by molar-refractivity contribution is 7.89. The summed E-state index contributed by atoms with van der Waals surface area (Å²) in [5.41, 5.74) is 0.365. The van der Waals surface area contributed by atoms with Gasteiger partial charge in [-0.15, -0.1) is 0 Å². The summed E-state index contributed by atoms with van der Waals surface area (Å²) in [6.07, 6.45) is 0.411. The molecule has 0 saturated carbocycles. The highest BCUT2D eigenvalue weighted by Gasteiger charge is 2.22. The van der Waals surface area contributed by atoms with Crippen molar-refractivity contribution in [1.82, 2.24) is 14.1 Å². The van der Waals surface area contributed by atoms with Crippen molar-refractivity contribution in [3.05, 3.63) is 35.7 Å². The normalized spacial score (nSPS) is 17.0. The van der Waals surface area contributed by atoms with Gasteiger partial charge >= 0.3 is 0 Å². The minimum Gasteiger partial charge on any atom is -0.389 e. The van der Waals surface area contributed by atoms with Gasteiger partial charge in [-0.25, -0.2) is 18.1 Å². The van der Waals surface area contributed by atoms with Gasteiger partial charge in [0.15, 0.2) is 11.8 Å². The first kappa shape index (κ1) is 23.2. The quantitative estimate of drug-likeness (QED) is 0.297. The number of aryl methyl sites for hydroxylation is 1. The molecule has 1 aliphatic heterocycles. The van der Waals surface area contributed by atoms with Crippen LogP contribution in [-0.4, -0.2) is 69.0 Å². The Bertz CT molecular complexity index is 1020. The summed E-state index contributed by atoms with van der Waals surface area (Å²) in [7, 11) is -2.22. The first-order valence-corrected chi connectivity index (χ1v) is 11.7. The Labute approximate surface area is 184 Å². The van der Waals surface area contributed by atoms with Gasteiger partial charge < -0.3 is 14.3 Å². The topological polar surface area (TPSA) is 141 Å². The van der Waals surface area contributed by atoms with E-state index < -0.39 is 15.9 Å². The van der Waals surface area contributed by atoms with Crippen LogP contribution in [0.15, 0.2) is 34.3 Å². The molecule has 1 aromatic heterocycles. The summed E-state index contributed by atoms with van der Waals surface area (Å²) in [5.74, 6) is -0.0161. The second-order valence-corrected chi connectivity index (χ2v) is 9.07. The number of rotatable bonds is 10. The van der Waals surface area contributed by atoms with E-state index in [1.807, 2.05) is 0 Å². The van der Waals surface area contributed by atoms with Crippen LogP contribution >= 0.6 is 11.5 Å². The number of hydrogen-bond acceptors (Lipinski definition) is 10. The first-order chi connectivity index (χ1) is 14.9. The Balaban J connectivity index is 1.80. The average molecular weight is 470 g/mol. The standard InChI is InChI=1S/C18H23N5O6S2/c1-12-20-18(30-23-12)21-17(24)16(22-29-14-7-9-28-11-14)13-3-5-15(6-4-13)31(25,26)19-8-10-27-2/h3-6,14,19H,7-11H2,1-2H3,(H,20,21,23,24)/t14-/m1/s1. The van der Waals surface area contributed by atoms with Gasteiger partial charge in [-0.05, 0) is 19.1 Å². The van der Waals surface area contributed by atoms with Crippen LogP contribution < -0.4 is 10.0 Å². The highest BCUT2D eigenvalue weighted by atomic mass is 32.2. The lowest BCUT2D eigenvalue weighted by molar-refractivity contribution is -0.110. The Morgan fingerprint density at radius 2 is 2.13 bits per heavy atom. The van der Waals surface area contributed by atoms with Crippen molar-refractivity contribution in [2.75, 3.05) is 38.8 Å². The van der Waals surface area contributed by atoms with Crippen molar-refractivity contribution in [3.63, 3.8) is 0 Å². The molecule has 1 atom stereocenters. The van der Waals surface area contributed by atoms with Gasteiger partial charge in [-0.2, -0.15) is 4.37 Å². The number of aromatic nitrogens is 2. The van der Waals surface area contributed by atoms with Gasteiger partial charge in [0.1, 0.15) is 5.82 Å². The zero-order valence-corrected chi connectivity index (χ0v) is 18.7. The smallest absolute Gasteiger partial charge is 0.280 e. The van der Waals surface area contributed by atoms with Crippen LogP contribution in [0.2, 0.25) is 0 Å². The third-order valence-corrected chi connectivity index (χ3v) is 6.38. The summed E-state index contributed by atoms with van der Waals surface area (Å²) < 4.78 is 41.2. The summed E-state index contributed by atoms with van der Waals surface area (Å²) in [6, 6.07) is 5.76. The Kier molecular flexibility index (Phi) is 8.03. The second-order valence-electron chi connectivity index (χ2n) is 6.55. The fourth-order valence-electron chi connectivity index (χ4n) is 2.61. The number of benzene rings is 1. The zero-order valence-electron chi connectivity index (χ0n) is 17.0. The summed E-state index contributed by atoms with van der Waals surface area (Å²) >= 11 is 1.04. The number of amides is 1. The van der Waals surface area contributed by atoms with Crippen LogP contribution in [0.1, 0.15) is 17.8 Å². The molecule has 2 heterocycles. The molecule has 3 rings (SSSR count). The van der Waals surface area contributed by atoms with E-state index in [4.69, 9.17) is 14.3 Å². The van der Waals surface area contributed by atoms with E-state index in [0.717, 1.165) is 11.5 Å². The molecule has 13 heteroatoms. The number of carbonyl (C=O) groups excluding carboxylic acids is 1. The molecule has 0 aliphatic carbocycles. The van der Waals surface area contributed by atoms with Gasteiger partial charge in [-0.3, -0.25) is 10.1 Å². The van der Waals surface area contributed by atoms with Crippen LogP contribution in [0.25, 0.3) is 0 Å². The molecule has 0 radical (unpaired) electrons. The van der Waals surface area contributed by atoms with Crippen LogP contribution in [-0.2, 0) is 29.1 Å². The number of nitrogens with one attached hydrogen (secondary N) is 2. The van der Waals surface area contributed by atoms with Crippen molar-refractivity contribution in [1.29, 1.82) is 0 Å². The first-order valence-electron chi connectivity index (χ1n) is 9.41. The number of oxime groups is 1. The summed E-state index contributed by atoms with van der Waals surface area (Å²) in [5, 5.41) is 6.99. The Morgan fingerprint density at radius 3 is 2.74 bits per heavy atom. The van der Waals surface area contributed by atoms with E-state index in [1.165, 1.54) is 31.4 Å². The van der Waals surface area contributed by atoms with Gasteiger partial charge in [0, 0.05) is 37.2 Å². The third-order valence-electron chi connectivity index (χ3n) is 4.18. The number of methoxy groups -OCH3 is 1. The molecule has 0 spiro atoms. The highest BCUT2D eigenvalue weighted by Crippen LogP contribution is 2.16. The molecule has 1 amide bonds. The minimum atomic E-state index is -3.70. The molecular formula is C18H23N5O6S2. The van der Waals surface area contributed by atoms with Gasteiger partial charge in [0.05, 0.1) is 24.7 Å². The van der Waals surface area contributed by atoms with Crippen LogP contribution in [0, 0.1) is 6.92 Å². The van der Waals surface area contributed by atoms with Gasteiger partial charge in [0.25, 0.3) is 5.91 Å². The predicted molar refractivity (Wildman–Crippen MR) is 114 cm³/mol. The number of anilines is 1. The molecule has 1 fully saturated rings. The monoisotopic (exact) mass is 469 g/mol. The van der Waals surface area contributed by atoms with Crippen LogP contribution in [0.4, 0.5) is 5.13 Å². The van der Waals surface area contributed by atoms with Crippen molar-refractivity contribution in [2.24, 2.45) is 5.16 Å². The molecule has 2 aromatic rings. The van der Waals surface area contributed by atoms with Crippen LogP contribution in [0.3, 0.4) is 0 Å². The van der Waals surface area contributed by atoms with E-state index in [9.17, 15) is 13.2 Å². The maximum Gasteiger partial charge on any atom is 0.280 e. The van der Waals surface area contributed by atoms with E-state index in [2.05, 4.69) is 24.6 Å². The molecule has 1 saturated heterocycles. The van der Waals surface area contributed by atoms with Crippen molar-refractivity contribution < 1.29 is 27.5 Å². The number of hydrogen-bond donors (Lipinski definition) is 2. The number of nitrogens with zero attached hydrogens (tertiary/aromatic N) is 3. The molecular weight excluding hydrogens is 446 g/mol. The van der Waals surface area contributed by atoms with Gasteiger partial charge in [0.2, 0.25) is 15.2 Å². The van der Waals surface area contributed by atoms with Gasteiger partial charge in [-0.1, -0.05) is 17.3 Å². The number of sulfonamides is 1. The minimum absolute atomic E-state index is 0.0176. The van der Waals surface area contributed by atoms with E-state index >= 15 is 0 Å². The molecule has 11 nitrogen and oxygen atoms in total. The largest absolute Gasteiger partial charge is 0.389 e. The lowest BCUT2D eigenvalue weighted by atomic mass is 10.1. The van der Waals surface area contributed by atoms with Crippen molar-refractivity contribution in [2.45, 2.75) is 24.3 Å². The maximum atomic E-state index is 12.8. The lowest BCUT2D eigenvalue weighted by Crippen LogP contribution is -2.27. The molecule has 0 bridgehead atoms. The Hall–Kier alpha value is -2.45. The molecule has 2 N–H and O–H groups in total. The summed E-state index contributed by atoms with van der Waals surface area (Å²) in [6.45, 7) is 3.06. The average Bonchev–Trinajstić information content (AvgIpc) is 3.40. The molecule has 1 aromatic carbocycles. The van der Waals surface area contributed by atoms with E-state index in [1.54, 1.807) is 6.92 Å². The molecule has 1 aliphatic rings. The fraction of sp³-hybridized carbons (Fsp3) is 0.444. The zero-order chi connectivity index (χ0) is 22.3. The third kappa shape index (κ3) is 6.51. The SMILES string of the molecule is COCCNS(=O)(=O)c1ccc(C(=NO[C@@H]2CCOC2)C(=O)Nc2nc(C)ns2)cc1. The number of ether oxygens (including phenoxy) is 2. The summed E-state index contributed by atoms with van der Waals surface area (Å²) in [4.78, 5) is 22.5.